The number of fused-ring (bicyclic) bond motifs is 4. The monoisotopic (exact) mass is 430 g/mol. The van der Waals surface area contributed by atoms with Gasteiger partial charge in [0.25, 0.3) is 0 Å². The summed E-state index contributed by atoms with van der Waals surface area (Å²) >= 11 is 0. The van der Waals surface area contributed by atoms with Crippen LogP contribution in [-0.2, 0) is 28.6 Å². The smallest absolute Gasteiger partial charge is 0.331 e. The average Bonchev–Trinajstić information content (AvgIpc) is 3.44. The van der Waals surface area contributed by atoms with Crippen LogP contribution in [-0.4, -0.2) is 35.7 Å². The number of hydrogen-bond acceptors (Lipinski definition) is 6. The summed E-state index contributed by atoms with van der Waals surface area (Å²) in [4.78, 5) is 36.3. The molecule has 4 fully saturated rings. The van der Waals surface area contributed by atoms with Gasteiger partial charge in [-0.2, -0.15) is 0 Å². The molecule has 7 atom stereocenters. The van der Waals surface area contributed by atoms with Gasteiger partial charge in [0, 0.05) is 24.1 Å². The fourth-order valence-electron chi connectivity index (χ4n) is 6.90. The Labute approximate surface area is 184 Å². The highest BCUT2D eigenvalue weighted by Crippen LogP contribution is 2.55. The van der Waals surface area contributed by atoms with Gasteiger partial charge in [-0.3, -0.25) is 0 Å². The van der Waals surface area contributed by atoms with Crippen molar-refractivity contribution >= 4 is 17.9 Å². The lowest BCUT2D eigenvalue weighted by Gasteiger charge is -2.37. The van der Waals surface area contributed by atoms with E-state index in [4.69, 9.17) is 14.2 Å². The summed E-state index contributed by atoms with van der Waals surface area (Å²) < 4.78 is 16.9. The van der Waals surface area contributed by atoms with E-state index in [0.717, 1.165) is 44.6 Å². The van der Waals surface area contributed by atoms with Crippen molar-refractivity contribution in [1.82, 2.24) is 0 Å². The third-order valence-corrected chi connectivity index (χ3v) is 8.13. The normalized spacial score (nSPS) is 40.7. The zero-order valence-electron chi connectivity index (χ0n) is 18.8. The van der Waals surface area contributed by atoms with E-state index in [2.05, 4.69) is 0 Å². The molecule has 0 radical (unpaired) electrons. The van der Waals surface area contributed by atoms with Gasteiger partial charge in [-0.1, -0.05) is 6.08 Å². The van der Waals surface area contributed by atoms with E-state index >= 15 is 0 Å². The van der Waals surface area contributed by atoms with E-state index in [9.17, 15) is 14.4 Å². The predicted molar refractivity (Wildman–Crippen MR) is 114 cm³/mol. The van der Waals surface area contributed by atoms with Gasteiger partial charge in [0.1, 0.15) is 11.2 Å². The van der Waals surface area contributed by atoms with Crippen molar-refractivity contribution in [2.75, 3.05) is 6.61 Å². The van der Waals surface area contributed by atoms with Crippen LogP contribution in [0.15, 0.2) is 24.3 Å². The molecule has 0 heterocycles. The number of carbonyl (C=O) groups excluding carboxylic acids is 3. The molecule has 4 aliphatic rings. The van der Waals surface area contributed by atoms with Crippen LogP contribution in [0.1, 0.15) is 65.7 Å². The zero-order valence-corrected chi connectivity index (χ0v) is 18.8. The molecule has 0 saturated heterocycles. The van der Waals surface area contributed by atoms with Gasteiger partial charge in [0.05, 0.1) is 6.61 Å². The maximum Gasteiger partial charge on any atom is 0.331 e. The van der Waals surface area contributed by atoms with Gasteiger partial charge < -0.3 is 14.2 Å². The molecule has 4 saturated carbocycles. The van der Waals surface area contributed by atoms with Crippen LogP contribution in [0.2, 0.25) is 0 Å². The molecule has 0 amide bonds. The Morgan fingerprint density at radius 2 is 1.52 bits per heavy atom. The van der Waals surface area contributed by atoms with E-state index < -0.39 is 23.1 Å². The first-order valence-corrected chi connectivity index (χ1v) is 11.6. The highest BCUT2D eigenvalue weighted by atomic mass is 16.6. The second-order valence-electron chi connectivity index (χ2n) is 10.4. The van der Waals surface area contributed by atoms with Gasteiger partial charge in [-0.05, 0) is 89.4 Å². The topological polar surface area (TPSA) is 78.9 Å². The van der Waals surface area contributed by atoms with Crippen molar-refractivity contribution in [3.05, 3.63) is 24.3 Å². The van der Waals surface area contributed by atoms with Crippen LogP contribution < -0.4 is 0 Å². The molecule has 0 aromatic carbocycles. The molecule has 7 unspecified atom stereocenters. The van der Waals surface area contributed by atoms with E-state index in [1.54, 1.807) is 13.0 Å². The highest BCUT2D eigenvalue weighted by Gasteiger charge is 2.55. The third kappa shape index (κ3) is 4.58. The number of esters is 3. The van der Waals surface area contributed by atoms with Crippen LogP contribution in [0.4, 0.5) is 0 Å². The molecule has 6 heteroatoms. The number of ether oxygens (including phenoxy) is 3. The number of allylic oxidation sites excluding steroid dienone is 1. The van der Waals surface area contributed by atoms with Gasteiger partial charge in [-0.25, -0.2) is 14.4 Å². The van der Waals surface area contributed by atoms with Gasteiger partial charge in [0.15, 0.2) is 0 Å². The first-order chi connectivity index (χ1) is 14.7. The molecule has 170 valence electrons. The Bertz CT molecular complexity index is 800. The Kier molecular flexibility index (Phi) is 6.01. The molecule has 0 aliphatic heterocycles. The predicted octanol–water partition coefficient (Wildman–Crippen LogP) is 4.13. The maximum absolute atomic E-state index is 12.2. The average molecular weight is 431 g/mol. The molecule has 4 bridgehead atoms. The van der Waals surface area contributed by atoms with Crippen molar-refractivity contribution in [3.8, 4) is 0 Å². The number of hydrogen-bond donors (Lipinski definition) is 0. The molecule has 31 heavy (non-hydrogen) atoms. The maximum atomic E-state index is 12.2. The van der Waals surface area contributed by atoms with Crippen LogP contribution in [0.25, 0.3) is 0 Å². The first-order valence-electron chi connectivity index (χ1n) is 11.6. The minimum absolute atomic E-state index is 0.166. The molecule has 0 spiro atoms. The van der Waals surface area contributed by atoms with Crippen LogP contribution in [0.5, 0.6) is 0 Å². The van der Waals surface area contributed by atoms with Crippen molar-refractivity contribution in [2.24, 2.45) is 29.6 Å². The van der Waals surface area contributed by atoms with Crippen LogP contribution >= 0.6 is 0 Å². The molecule has 0 aromatic heterocycles. The molecule has 4 rings (SSSR count). The summed E-state index contributed by atoms with van der Waals surface area (Å²) in [7, 11) is 0. The lowest BCUT2D eigenvalue weighted by atomic mass is 9.78. The quantitative estimate of drug-likeness (QED) is 0.343. The van der Waals surface area contributed by atoms with Crippen molar-refractivity contribution in [3.63, 3.8) is 0 Å². The largest absolute Gasteiger partial charge is 0.462 e. The minimum atomic E-state index is -0.537. The van der Waals surface area contributed by atoms with E-state index in [-0.39, 0.29) is 24.4 Å². The van der Waals surface area contributed by atoms with Gasteiger partial charge >= 0.3 is 17.9 Å². The second kappa shape index (κ2) is 8.44. The van der Waals surface area contributed by atoms with E-state index in [0.29, 0.717) is 17.8 Å². The van der Waals surface area contributed by atoms with Gasteiger partial charge in [-0.15, -0.1) is 0 Å². The van der Waals surface area contributed by atoms with Crippen molar-refractivity contribution in [2.45, 2.75) is 76.9 Å². The second-order valence-corrected chi connectivity index (χ2v) is 10.4. The number of rotatable bonds is 7. The molecule has 6 nitrogen and oxygen atoms in total. The minimum Gasteiger partial charge on any atom is -0.462 e. The zero-order chi connectivity index (χ0) is 22.2. The lowest BCUT2D eigenvalue weighted by molar-refractivity contribution is -0.162. The standard InChI is InChI=1S/C25H34O6/c1-4-5-22(27)31-25(3)14-17-10-18(20(25)12-17)15-29-21(26)8-9-23(28)30-24(2)13-16-6-7-19(24)11-16/h4-5,8-9,16-20H,6-7,10-15H2,1-3H3/b5-4+,9-8-. The highest BCUT2D eigenvalue weighted by molar-refractivity contribution is 5.91. The summed E-state index contributed by atoms with van der Waals surface area (Å²) in [5, 5.41) is 0. The molecule has 0 aromatic rings. The summed E-state index contributed by atoms with van der Waals surface area (Å²) in [6.45, 7) is 6.06. The summed E-state index contributed by atoms with van der Waals surface area (Å²) in [5.74, 6) is 0.618. The van der Waals surface area contributed by atoms with E-state index in [1.165, 1.54) is 18.6 Å². The SMILES string of the molecule is C/C=C/C(=O)OC1(C)CC2CC(COC(=O)/C=C\C(=O)OC3(C)CC4CCC3C4)C1C2. The van der Waals surface area contributed by atoms with Crippen LogP contribution in [0, 0.1) is 29.6 Å². The summed E-state index contributed by atoms with van der Waals surface area (Å²) in [6.07, 6.45) is 12.7. The molecule has 4 aliphatic carbocycles. The Balaban J connectivity index is 1.24. The third-order valence-electron chi connectivity index (χ3n) is 8.13. The fourth-order valence-corrected chi connectivity index (χ4v) is 6.90. The number of carbonyl (C=O) groups is 3. The van der Waals surface area contributed by atoms with Crippen LogP contribution in [0.3, 0.4) is 0 Å². The molecular weight excluding hydrogens is 396 g/mol. The Morgan fingerprint density at radius 1 is 0.839 bits per heavy atom. The first kappa shape index (κ1) is 22.1. The Hall–Kier alpha value is -2.11. The van der Waals surface area contributed by atoms with Gasteiger partial charge in [0.2, 0.25) is 0 Å². The summed E-state index contributed by atoms with van der Waals surface area (Å²) in [5.41, 5.74) is -0.904. The van der Waals surface area contributed by atoms with E-state index in [1.807, 2.05) is 13.8 Å². The lowest BCUT2D eigenvalue weighted by Crippen LogP contribution is -2.42. The fraction of sp³-hybridized carbons (Fsp3) is 0.720. The Morgan fingerprint density at radius 3 is 2.16 bits per heavy atom. The molecular formula is C25H34O6. The molecule has 0 N–H and O–H groups in total. The van der Waals surface area contributed by atoms with Crippen molar-refractivity contribution in [1.29, 1.82) is 0 Å². The van der Waals surface area contributed by atoms with Crippen molar-refractivity contribution < 1.29 is 28.6 Å². The summed E-state index contributed by atoms with van der Waals surface area (Å²) in [6, 6.07) is 0.